The van der Waals surface area contributed by atoms with Crippen LogP contribution in [-0.4, -0.2) is 95.9 Å². The molecular weight excluding hydrogens is 615 g/mol. The van der Waals surface area contributed by atoms with Crippen molar-refractivity contribution in [1.82, 2.24) is 14.7 Å². The van der Waals surface area contributed by atoms with Gasteiger partial charge in [0, 0.05) is 63.4 Å². The highest BCUT2D eigenvalue weighted by atomic mass is 19.4. The van der Waals surface area contributed by atoms with Crippen molar-refractivity contribution >= 4 is 12.4 Å². The van der Waals surface area contributed by atoms with Gasteiger partial charge in [-0.3, -0.25) is 9.69 Å². The molecule has 2 aromatic carbocycles. The molecule has 2 aliphatic rings. The van der Waals surface area contributed by atoms with Crippen molar-refractivity contribution in [3.05, 3.63) is 81.2 Å². The van der Waals surface area contributed by atoms with Crippen LogP contribution in [-0.2, 0) is 38.2 Å². The van der Waals surface area contributed by atoms with E-state index >= 15 is 0 Å². The second-order valence-corrected chi connectivity index (χ2v) is 11.6. The summed E-state index contributed by atoms with van der Waals surface area (Å²) in [6.07, 6.45) is -2.69. The fourth-order valence-corrected chi connectivity index (χ4v) is 6.29. The summed E-state index contributed by atoms with van der Waals surface area (Å²) in [5.74, 6) is -0.0299. The Kier molecular flexibility index (Phi) is 12.9. The average molecular weight is 662 g/mol. The quantitative estimate of drug-likeness (QED) is 0.200. The number of carbonyl (C=O) groups is 2. The Hall–Kier alpha value is -4.03. The number of fused-ring (bicyclic) bond motifs is 1. The first-order valence-electron chi connectivity index (χ1n) is 15.0. The predicted molar refractivity (Wildman–Crippen MR) is 173 cm³/mol. The Morgan fingerprint density at radius 1 is 1.00 bits per heavy atom. The van der Waals surface area contributed by atoms with Crippen LogP contribution >= 0.6 is 0 Å². The Labute approximate surface area is 275 Å². The van der Waals surface area contributed by atoms with Gasteiger partial charge in [0.2, 0.25) is 0 Å². The maximum atomic E-state index is 13.6. The number of hydrogen-bond donors (Lipinski definition) is 0. The number of methoxy groups -OCH3 is 3. The van der Waals surface area contributed by atoms with Crippen molar-refractivity contribution in [3.8, 4) is 11.5 Å². The van der Waals surface area contributed by atoms with Crippen molar-refractivity contribution in [2.45, 2.75) is 45.3 Å². The highest BCUT2D eigenvalue weighted by Crippen LogP contribution is 2.45. The van der Waals surface area contributed by atoms with Gasteiger partial charge in [0.05, 0.1) is 32.5 Å². The average Bonchev–Trinajstić information content (AvgIpc) is 3.04. The Balaban J connectivity index is 0.00000600. The number of ether oxygens (including phenoxy) is 4. The number of nitrogens with zero attached hydrogens (tertiary/aromatic N) is 3. The van der Waals surface area contributed by atoms with E-state index < -0.39 is 23.6 Å². The summed E-state index contributed by atoms with van der Waals surface area (Å²) in [5.41, 5.74) is 4.47. The Morgan fingerprint density at radius 2 is 1.64 bits per heavy atom. The minimum absolute atomic E-state index is 0. The third kappa shape index (κ3) is 8.47. The van der Waals surface area contributed by atoms with Gasteiger partial charge in [-0.15, -0.1) is 0 Å². The molecule has 2 heterocycles. The monoisotopic (exact) mass is 661 g/mol. The topological polar surface area (TPSA) is 80.8 Å². The molecule has 0 amide bonds. The van der Waals surface area contributed by atoms with E-state index in [1.807, 2.05) is 43.1 Å². The van der Waals surface area contributed by atoms with E-state index in [9.17, 15) is 22.8 Å². The molecule has 0 bridgehead atoms. The molecule has 258 valence electrons. The molecule has 0 N–H and O–H groups in total. The van der Waals surface area contributed by atoms with Crippen molar-refractivity contribution in [3.63, 3.8) is 0 Å². The smallest absolute Gasteiger partial charge is 0.416 e. The van der Waals surface area contributed by atoms with Gasteiger partial charge in [0.1, 0.15) is 6.61 Å². The first kappa shape index (κ1) is 37.4. The summed E-state index contributed by atoms with van der Waals surface area (Å²) in [6, 6.07) is 8.79. The lowest BCUT2D eigenvalue weighted by Gasteiger charge is -2.40. The van der Waals surface area contributed by atoms with E-state index in [4.69, 9.17) is 18.9 Å². The van der Waals surface area contributed by atoms with Crippen LogP contribution in [0.2, 0.25) is 0 Å². The van der Waals surface area contributed by atoms with Gasteiger partial charge in [-0.1, -0.05) is 19.6 Å². The number of alkyl halides is 3. The van der Waals surface area contributed by atoms with Gasteiger partial charge in [-0.05, 0) is 67.0 Å². The van der Waals surface area contributed by atoms with Crippen LogP contribution in [0.4, 0.5) is 13.2 Å². The third-order valence-electron chi connectivity index (χ3n) is 8.67. The Bertz CT molecular complexity index is 1470. The maximum Gasteiger partial charge on any atom is 0.416 e. The molecule has 0 aromatic heterocycles. The minimum Gasteiger partial charge on any atom is -0.493 e. The molecule has 4 rings (SSSR count). The van der Waals surface area contributed by atoms with E-state index in [1.165, 1.54) is 24.8 Å². The van der Waals surface area contributed by atoms with Gasteiger partial charge in [-0.25, -0.2) is 4.79 Å². The van der Waals surface area contributed by atoms with Crippen LogP contribution in [0.15, 0.2) is 58.9 Å². The van der Waals surface area contributed by atoms with E-state index in [2.05, 4.69) is 4.90 Å². The first-order chi connectivity index (χ1) is 21.9. The molecule has 9 nitrogen and oxygen atoms in total. The van der Waals surface area contributed by atoms with E-state index in [0.717, 1.165) is 36.4 Å². The lowest BCUT2D eigenvalue weighted by atomic mass is 9.78. The standard InChI is InChI=1S/C34H42F3N3O6.CH4/c1-38(2)14-12-27-26(20-46-21-41)31(22-7-9-25(10-8-22)34(35,36)37)32(33(42)45-6)28(39(27)3)13-16-40-15-11-23-17-29(43-4)30(44-5)18-24(23)19-40;/h7-10,17-18,21,31H,11-16,19-20H2,1-6H3;1H4. The number of carbonyl (C=O) groups excluding carboxylic acids is 2. The molecule has 0 aliphatic carbocycles. The SMILES string of the molecule is C.COC(=O)C1=C(CCN2CCc3cc(OC)c(OC)cc3C2)N(C)C(CCN(C)C)=C(COC=O)C1c1ccc(C(F)(F)F)cc1. The molecule has 0 saturated heterocycles. The summed E-state index contributed by atoms with van der Waals surface area (Å²) >= 11 is 0. The molecule has 2 aromatic rings. The van der Waals surface area contributed by atoms with Crippen LogP contribution in [0.1, 0.15) is 48.4 Å². The number of hydrogen-bond acceptors (Lipinski definition) is 9. The van der Waals surface area contributed by atoms with Crippen molar-refractivity contribution in [1.29, 1.82) is 0 Å². The van der Waals surface area contributed by atoms with Crippen molar-refractivity contribution < 1.29 is 41.7 Å². The third-order valence-corrected chi connectivity index (χ3v) is 8.67. The lowest BCUT2D eigenvalue weighted by Crippen LogP contribution is -2.37. The van der Waals surface area contributed by atoms with Crippen LogP contribution in [0.25, 0.3) is 0 Å². The van der Waals surface area contributed by atoms with E-state index in [1.54, 1.807) is 14.2 Å². The fraction of sp³-hybridized carbons (Fsp3) is 0.486. The molecule has 2 aliphatic heterocycles. The minimum atomic E-state index is -4.52. The summed E-state index contributed by atoms with van der Waals surface area (Å²) in [7, 11) is 10.2. The lowest BCUT2D eigenvalue weighted by molar-refractivity contribution is -0.138. The number of rotatable bonds is 13. The normalized spacial score (nSPS) is 16.9. The number of esters is 1. The van der Waals surface area contributed by atoms with Gasteiger partial charge in [-0.2, -0.15) is 13.2 Å². The zero-order valence-corrected chi connectivity index (χ0v) is 27.2. The fourth-order valence-electron chi connectivity index (χ4n) is 6.29. The summed E-state index contributed by atoms with van der Waals surface area (Å²) in [4.78, 5) is 31.2. The molecule has 47 heavy (non-hydrogen) atoms. The van der Waals surface area contributed by atoms with E-state index in [0.29, 0.717) is 72.9 Å². The second-order valence-electron chi connectivity index (χ2n) is 11.6. The summed E-state index contributed by atoms with van der Waals surface area (Å²) < 4.78 is 62.0. The molecule has 1 atom stereocenters. The maximum absolute atomic E-state index is 13.6. The molecule has 0 saturated carbocycles. The van der Waals surface area contributed by atoms with Gasteiger partial charge in [0.25, 0.3) is 6.47 Å². The molecule has 0 spiro atoms. The predicted octanol–water partition coefficient (Wildman–Crippen LogP) is 5.64. The zero-order valence-electron chi connectivity index (χ0n) is 27.2. The highest BCUT2D eigenvalue weighted by Gasteiger charge is 2.39. The second kappa shape index (κ2) is 16.2. The van der Waals surface area contributed by atoms with Gasteiger partial charge < -0.3 is 28.7 Å². The number of benzene rings is 2. The van der Waals surface area contributed by atoms with Gasteiger partial charge in [0.15, 0.2) is 11.5 Å². The van der Waals surface area contributed by atoms with E-state index in [-0.39, 0.29) is 14.0 Å². The zero-order chi connectivity index (χ0) is 33.6. The highest BCUT2D eigenvalue weighted by molar-refractivity contribution is 5.92. The number of halogens is 3. The summed E-state index contributed by atoms with van der Waals surface area (Å²) in [6.45, 7) is 2.91. The van der Waals surface area contributed by atoms with Crippen LogP contribution in [0.5, 0.6) is 11.5 Å². The Morgan fingerprint density at radius 3 is 2.19 bits per heavy atom. The van der Waals surface area contributed by atoms with Crippen molar-refractivity contribution in [2.75, 3.05) is 68.7 Å². The van der Waals surface area contributed by atoms with Gasteiger partial charge >= 0.3 is 12.1 Å². The molecule has 1 unspecified atom stereocenters. The first-order valence-corrected chi connectivity index (χ1v) is 15.0. The largest absolute Gasteiger partial charge is 0.493 e. The van der Waals surface area contributed by atoms with Crippen molar-refractivity contribution in [2.24, 2.45) is 0 Å². The van der Waals surface area contributed by atoms with Crippen LogP contribution in [0.3, 0.4) is 0 Å². The molecular formula is C35H46F3N3O6. The molecule has 0 radical (unpaired) electrons. The van der Waals surface area contributed by atoms with Crippen LogP contribution < -0.4 is 9.47 Å². The molecule has 12 heteroatoms. The summed E-state index contributed by atoms with van der Waals surface area (Å²) in [5, 5.41) is 0. The molecule has 0 fully saturated rings. The van der Waals surface area contributed by atoms with Crippen LogP contribution in [0, 0.1) is 0 Å².